The Morgan fingerprint density at radius 1 is 0.958 bits per heavy atom. The molecule has 0 fully saturated rings. The zero-order valence-corrected chi connectivity index (χ0v) is 13.7. The van der Waals surface area contributed by atoms with Crippen LogP contribution in [0.1, 0.15) is 18.6 Å². The molecule has 0 spiro atoms. The Hall–Kier alpha value is -3.01. The van der Waals surface area contributed by atoms with E-state index in [2.05, 4.69) is 11.4 Å². The lowest BCUT2D eigenvalue weighted by atomic mass is 10.0. The van der Waals surface area contributed by atoms with E-state index in [0.717, 1.165) is 22.1 Å². The number of carbonyl (C=O) groups excluding carboxylic acids is 1. The van der Waals surface area contributed by atoms with Crippen LogP contribution in [-0.2, 0) is 4.74 Å². The van der Waals surface area contributed by atoms with Crippen LogP contribution in [0.2, 0.25) is 0 Å². The highest BCUT2D eigenvalue weighted by atomic mass is 16.6. The van der Waals surface area contributed by atoms with Crippen molar-refractivity contribution in [3.05, 3.63) is 72.3 Å². The molecular weight excluding hydrogens is 302 g/mol. The molecule has 3 aromatic carbocycles. The van der Waals surface area contributed by atoms with Gasteiger partial charge in [0.2, 0.25) is 0 Å². The van der Waals surface area contributed by atoms with Crippen LogP contribution in [0.5, 0.6) is 5.75 Å². The van der Waals surface area contributed by atoms with Gasteiger partial charge in [-0.25, -0.2) is 4.79 Å². The predicted molar refractivity (Wildman–Crippen MR) is 95.5 cm³/mol. The van der Waals surface area contributed by atoms with Crippen LogP contribution < -0.4 is 10.1 Å². The summed E-state index contributed by atoms with van der Waals surface area (Å²) in [6, 6.07) is 21.2. The van der Waals surface area contributed by atoms with Gasteiger partial charge in [-0.1, -0.05) is 36.4 Å². The van der Waals surface area contributed by atoms with Gasteiger partial charge in [0.15, 0.2) is 0 Å². The van der Waals surface area contributed by atoms with Gasteiger partial charge >= 0.3 is 6.09 Å². The molecule has 0 aliphatic carbocycles. The summed E-state index contributed by atoms with van der Waals surface area (Å²) in [6.07, 6.45) is -0.825. The minimum Gasteiger partial charge on any atom is -0.497 e. The number of nitrogens with one attached hydrogen (secondary N) is 1. The number of anilines is 1. The lowest BCUT2D eigenvalue weighted by Crippen LogP contribution is -2.16. The van der Waals surface area contributed by atoms with Gasteiger partial charge in [0.25, 0.3) is 0 Å². The van der Waals surface area contributed by atoms with Gasteiger partial charge in [-0.15, -0.1) is 0 Å². The van der Waals surface area contributed by atoms with Gasteiger partial charge in [0.1, 0.15) is 11.9 Å². The van der Waals surface area contributed by atoms with Crippen molar-refractivity contribution in [2.75, 3.05) is 12.4 Å². The Balaban J connectivity index is 1.65. The van der Waals surface area contributed by atoms with Crippen LogP contribution in [0.15, 0.2) is 66.7 Å². The summed E-state index contributed by atoms with van der Waals surface area (Å²) in [5.74, 6) is 0.735. The van der Waals surface area contributed by atoms with Gasteiger partial charge < -0.3 is 9.47 Å². The van der Waals surface area contributed by atoms with Crippen LogP contribution in [0.4, 0.5) is 10.5 Å². The van der Waals surface area contributed by atoms with E-state index in [1.165, 1.54) is 0 Å². The first-order valence-electron chi connectivity index (χ1n) is 7.76. The summed E-state index contributed by atoms with van der Waals surface area (Å²) >= 11 is 0. The van der Waals surface area contributed by atoms with Gasteiger partial charge in [0, 0.05) is 5.69 Å². The average molecular weight is 321 g/mol. The first kappa shape index (κ1) is 15.9. The van der Waals surface area contributed by atoms with E-state index in [1.807, 2.05) is 43.3 Å². The zero-order valence-electron chi connectivity index (χ0n) is 13.7. The number of ether oxygens (including phenoxy) is 2. The molecule has 3 rings (SSSR count). The molecule has 0 heterocycles. The van der Waals surface area contributed by atoms with Crippen LogP contribution >= 0.6 is 0 Å². The molecule has 0 bridgehead atoms. The molecule has 4 heteroatoms. The number of hydrogen-bond donors (Lipinski definition) is 1. The van der Waals surface area contributed by atoms with Crippen molar-refractivity contribution >= 4 is 22.6 Å². The topological polar surface area (TPSA) is 47.6 Å². The van der Waals surface area contributed by atoms with E-state index < -0.39 is 6.09 Å². The summed E-state index contributed by atoms with van der Waals surface area (Å²) < 4.78 is 10.6. The third kappa shape index (κ3) is 3.66. The van der Waals surface area contributed by atoms with E-state index in [4.69, 9.17) is 9.47 Å². The molecule has 122 valence electrons. The lowest BCUT2D eigenvalue weighted by Gasteiger charge is -2.15. The molecule has 1 N–H and O–H groups in total. The molecular formula is C20H19NO3. The van der Waals surface area contributed by atoms with Crippen molar-refractivity contribution in [1.82, 2.24) is 0 Å². The van der Waals surface area contributed by atoms with Crippen molar-refractivity contribution in [2.24, 2.45) is 0 Å². The van der Waals surface area contributed by atoms with Crippen LogP contribution in [0, 0.1) is 0 Å². The van der Waals surface area contributed by atoms with Gasteiger partial charge in [0.05, 0.1) is 7.11 Å². The first-order chi connectivity index (χ1) is 11.7. The van der Waals surface area contributed by atoms with Crippen LogP contribution in [0.25, 0.3) is 10.8 Å². The number of benzene rings is 3. The summed E-state index contributed by atoms with van der Waals surface area (Å²) in [5.41, 5.74) is 1.62. The predicted octanol–water partition coefficient (Wildman–Crippen LogP) is 5.16. The maximum Gasteiger partial charge on any atom is 0.412 e. The Morgan fingerprint density at radius 3 is 2.38 bits per heavy atom. The fourth-order valence-corrected chi connectivity index (χ4v) is 2.51. The molecule has 0 radical (unpaired) electrons. The van der Waals surface area contributed by atoms with E-state index in [1.54, 1.807) is 31.4 Å². The van der Waals surface area contributed by atoms with Crippen LogP contribution in [-0.4, -0.2) is 13.2 Å². The monoisotopic (exact) mass is 321 g/mol. The van der Waals surface area contributed by atoms with E-state index in [0.29, 0.717) is 5.69 Å². The number of rotatable bonds is 4. The molecule has 1 atom stereocenters. The first-order valence-corrected chi connectivity index (χ1v) is 7.76. The van der Waals surface area contributed by atoms with Crippen molar-refractivity contribution < 1.29 is 14.3 Å². The van der Waals surface area contributed by atoms with Crippen molar-refractivity contribution in [1.29, 1.82) is 0 Å². The highest BCUT2D eigenvalue weighted by Gasteiger charge is 2.12. The fourth-order valence-electron chi connectivity index (χ4n) is 2.51. The van der Waals surface area contributed by atoms with Gasteiger partial charge in [-0.05, 0) is 53.6 Å². The highest BCUT2D eigenvalue weighted by molar-refractivity contribution is 5.85. The molecule has 0 aromatic heterocycles. The lowest BCUT2D eigenvalue weighted by molar-refractivity contribution is 0.121. The van der Waals surface area contributed by atoms with E-state index >= 15 is 0 Å². The summed E-state index contributed by atoms with van der Waals surface area (Å²) in [5, 5.41) is 5.00. The molecule has 3 aromatic rings. The minimum absolute atomic E-state index is 0.340. The smallest absolute Gasteiger partial charge is 0.412 e. The standard InChI is InChI=1S/C20H19NO3/c1-14(16-8-7-15-5-3-4-6-17(15)13-16)24-20(22)21-18-9-11-19(23-2)12-10-18/h3-14H,1-2H3,(H,21,22). The third-order valence-electron chi connectivity index (χ3n) is 3.86. The number of hydrogen-bond acceptors (Lipinski definition) is 3. The summed E-state index contributed by atoms with van der Waals surface area (Å²) in [7, 11) is 1.60. The highest BCUT2D eigenvalue weighted by Crippen LogP contribution is 2.23. The second-order valence-corrected chi connectivity index (χ2v) is 5.51. The van der Waals surface area contributed by atoms with Gasteiger partial charge in [-0.3, -0.25) is 5.32 Å². The zero-order chi connectivity index (χ0) is 16.9. The van der Waals surface area contributed by atoms with Crippen molar-refractivity contribution in [3.8, 4) is 5.75 Å². The molecule has 0 saturated carbocycles. The molecule has 24 heavy (non-hydrogen) atoms. The van der Waals surface area contributed by atoms with Gasteiger partial charge in [-0.2, -0.15) is 0 Å². The third-order valence-corrected chi connectivity index (χ3v) is 3.86. The number of fused-ring (bicyclic) bond motifs is 1. The minimum atomic E-state index is -0.485. The second kappa shape index (κ2) is 7.04. The Morgan fingerprint density at radius 2 is 1.67 bits per heavy atom. The second-order valence-electron chi connectivity index (χ2n) is 5.51. The largest absolute Gasteiger partial charge is 0.497 e. The summed E-state index contributed by atoms with van der Waals surface area (Å²) in [4.78, 5) is 12.0. The Labute approximate surface area is 141 Å². The quantitative estimate of drug-likeness (QED) is 0.722. The van der Waals surface area contributed by atoms with Crippen molar-refractivity contribution in [2.45, 2.75) is 13.0 Å². The maximum atomic E-state index is 12.0. The molecule has 1 unspecified atom stereocenters. The normalized spacial score (nSPS) is 11.8. The molecule has 0 aliphatic heterocycles. The molecule has 0 saturated heterocycles. The molecule has 0 aliphatic rings. The molecule has 4 nitrogen and oxygen atoms in total. The van der Waals surface area contributed by atoms with E-state index in [-0.39, 0.29) is 6.10 Å². The summed E-state index contributed by atoms with van der Waals surface area (Å²) in [6.45, 7) is 1.86. The molecule has 1 amide bonds. The number of amides is 1. The van der Waals surface area contributed by atoms with Crippen LogP contribution in [0.3, 0.4) is 0 Å². The average Bonchev–Trinajstić information content (AvgIpc) is 2.61. The Bertz CT molecular complexity index is 843. The number of methoxy groups -OCH3 is 1. The van der Waals surface area contributed by atoms with Crippen molar-refractivity contribution in [3.63, 3.8) is 0 Å². The Kier molecular flexibility index (Phi) is 4.66. The number of carbonyl (C=O) groups is 1. The van der Waals surface area contributed by atoms with E-state index in [9.17, 15) is 4.79 Å². The SMILES string of the molecule is COc1ccc(NC(=O)OC(C)c2ccc3ccccc3c2)cc1. The fraction of sp³-hybridized carbons (Fsp3) is 0.150. The maximum absolute atomic E-state index is 12.0.